The van der Waals surface area contributed by atoms with Crippen molar-refractivity contribution in [1.29, 1.82) is 0 Å². The van der Waals surface area contributed by atoms with Gasteiger partial charge in [0.1, 0.15) is 5.69 Å². The molecule has 4 N–H and O–H groups in total. The molecule has 0 saturated carbocycles. The summed E-state index contributed by atoms with van der Waals surface area (Å²) in [6.45, 7) is 7.77. The van der Waals surface area contributed by atoms with Crippen molar-refractivity contribution in [2.24, 2.45) is 0 Å². The number of rotatable bonds is 11. The second-order valence-electron chi connectivity index (χ2n) is 8.09. The number of carbonyl (C=O) groups excluding carboxylic acids is 3. The Labute approximate surface area is 267 Å². The van der Waals surface area contributed by atoms with Crippen molar-refractivity contribution in [3.05, 3.63) is 112 Å². The number of hydrogen-bond acceptors (Lipinski definition) is 8. The van der Waals surface area contributed by atoms with Gasteiger partial charge in [0.05, 0.1) is 26.4 Å². The maximum Gasteiger partial charge on any atom is 1.00 e. The van der Waals surface area contributed by atoms with Gasteiger partial charge in [-0.3, -0.25) is 9.89 Å². The van der Waals surface area contributed by atoms with Crippen LogP contribution < -0.4 is 46.0 Å². The van der Waals surface area contributed by atoms with Crippen LogP contribution in [0.5, 0.6) is 0 Å². The third kappa shape index (κ3) is 16.0. The Balaban J connectivity index is 0.000000622. The Hall–Kier alpha value is -3.64. The predicted molar refractivity (Wildman–Crippen MR) is 150 cm³/mol. The van der Waals surface area contributed by atoms with E-state index in [2.05, 4.69) is 44.6 Å². The zero-order valence-corrected chi connectivity index (χ0v) is 26.7. The van der Waals surface area contributed by atoms with Crippen molar-refractivity contribution in [3.63, 3.8) is 0 Å². The maximum absolute atomic E-state index is 11.7. The van der Waals surface area contributed by atoms with Crippen LogP contribution in [-0.2, 0) is 36.8 Å². The number of quaternary nitrogens is 1. The molecule has 0 bridgehead atoms. The summed E-state index contributed by atoms with van der Waals surface area (Å²) >= 11 is 0. The monoisotopic (exact) mass is 591 g/mol. The van der Waals surface area contributed by atoms with Gasteiger partial charge in [-0.15, -0.1) is 13.0 Å². The molecule has 11 nitrogen and oxygen atoms in total. The Morgan fingerprint density at radius 3 is 1.98 bits per heavy atom. The first kappa shape index (κ1) is 38.4. The van der Waals surface area contributed by atoms with Gasteiger partial charge in [-0.25, -0.2) is 19.1 Å². The molecule has 0 saturated heterocycles. The van der Waals surface area contributed by atoms with Crippen molar-refractivity contribution < 1.29 is 69.0 Å². The first-order chi connectivity index (χ1) is 19.7. The molecule has 3 aromatic rings. The van der Waals surface area contributed by atoms with Crippen LogP contribution in [0.4, 0.5) is 0 Å². The molecule has 12 heteroatoms. The van der Waals surface area contributed by atoms with Gasteiger partial charge in [-0.1, -0.05) is 72.6 Å². The standard InChI is InChI=1S/C13H14N2O3.C9H13N.C8H12O5.Na/c1-2-18-13(17)11-8-12(16)15(14-11)9-10-6-4-3-5-7-10;10-8-4-7-9-5-2-1-3-6-9;1-3-12-7(10)5-6(9)8(11)13-4-2;/h3-8,14H,2,9H2,1H3;1-3,5-6,8H,4,7H2,10H3;5,9H,3-4H2,1-2H3;/q;;;+1/p-1/b;;6-5-;. The van der Waals surface area contributed by atoms with Crippen LogP contribution in [0.15, 0.2) is 83.4 Å². The summed E-state index contributed by atoms with van der Waals surface area (Å²) in [5, 5.41) is 13.5. The molecule has 2 aromatic carbocycles. The average molecular weight is 592 g/mol. The summed E-state index contributed by atoms with van der Waals surface area (Å²) in [6, 6.07) is 21.2. The Bertz CT molecular complexity index is 1270. The Morgan fingerprint density at radius 2 is 1.45 bits per heavy atom. The minimum atomic E-state index is -1.05. The van der Waals surface area contributed by atoms with Crippen LogP contribution in [0.3, 0.4) is 0 Å². The van der Waals surface area contributed by atoms with Crippen molar-refractivity contribution in [3.8, 4) is 0 Å². The number of carbonyl (C=O) groups is 3. The summed E-state index contributed by atoms with van der Waals surface area (Å²) in [5.74, 6) is -3.39. The number of nitrogens with one attached hydrogen (secondary N) is 1. The van der Waals surface area contributed by atoms with E-state index < -0.39 is 23.7 Å². The van der Waals surface area contributed by atoms with E-state index in [-0.39, 0.29) is 60.6 Å². The van der Waals surface area contributed by atoms with E-state index in [1.165, 1.54) is 16.3 Å². The molecule has 1 heterocycles. The number of ether oxygens (including phenoxy) is 3. The van der Waals surface area contributed by atoms with Gasteiger partial charge < -0.3 is 25.1 Å². The van der Waals surface area contributed by atoms with Gasteiger partial charge in [0.25, 0.3) is 5.56 Å². The normalized spacial score (nSPS) is 10.0. The topological polar surface area (TPSA) is 167 Å². The molecule has 1 aromatic heterocycles. The van der Waals surface area contributed by atoms with Crippen LogP contribution in [-0.4, -0.2) is 47.5 Å². The molecule has 0 atom stereocenters. The van der Waals surface area contributed by atoms with Crippen LogP contribution in [0, 0.1) is 6.54 Å². The quantitative estimate of drug-likeness (QED) is 0.0699. The molecular formula is C30H38N3NaO8. The van der Waals surface area contributed by atoms with Crippen molar-refractivity contribution in [2.45, 2.75) is 40.2 Å². The van der Waals surface area contributed by atoms with E-state index in [4.69, 9.17) is 4.74 Å². The van der Waals surface area contributed by atoms with Gasteiger partial charge in [0.2, 0.25) is 0 Å². The van der Waals surface area contributed by atoms with Crippen molar-refractivity contribution in [1.82, 2.24) is 9.78 Å². The third-order valence-electron chi connectivity index (χ3n) is 4.96. The van der Waals surface area contributed by atoms with E-state index in [9.17, 15) is 24.3 Å². The zero-order chi connectivity index (χ0) is 30.5. The molecule has 0 radical (unpaired) electrons. The van der Waals surface area contributed by atoms with Gasteiger partial charge in [-0.2, -0.15) is 0 Å². The van der Waals surface area contributed by atoms with E-state index in [0.29, 0.717) is 12.6 Å². The van der Waals surface area contributed by atoms with Crippen LogP contribution in [0.25, 0.3) is 0 Å². The van der Waals surface area contributed by atoms with E-state index in [1.807, 2.05) is 42.9 Å². The molecule has 42 heavy (non-hydrogen) atoms. The summed E-state index contributed by atoms with van der Waals surface area (Å²) in [5.41, 5.74) is 5.98. The molecular weight excluding hydrogens is 553 g/mol. The largest absolute Gasteiger partial charge is 1.00 e. The molecule has 0 aliphatic heterocycles. The number of esters is 3. The van der Waals surface area contributed by atoms with Crippen LogP contribution in [0.1, 0.15) is 48.8 Å². The molecule has 0 aliphatic rings. The van der Waals surface area contributed by atoms with Gasteiger partial charge in [-0.05, 0) is 32.1 Å². The number of nitrogens with zero attached hydrogens (tertiary/aromatic N) is 1. The fraction of sp³-hybridized carbons (Fsp3) is 0.300. The molecule has 0 amide bonds. The van der Waals surface area contributed by atoms with E-state index in [0.717, 1.165) is 18.4 Å². The molecule has 0 spiro atoms. The first-order valence-electron chi connectivity index (χ1n) is 13.1. The summed E-state index contributed by atoms with van der Waals surface area (Å²) in [4.78, 5) is 44.5. The van der Waals surface area contributed by atoms with Gasteiger partial charge in [0, 0.05) is 12.1 Å². The fourth-order valence-corrected chi connectivity index (χ4v) is 3.10. The van der Waals surface area contributed by atoms with Crippen LogP contribution >= 0.6 is 0 Å². The van der Waals surface area contributed by atoms with Crippen molar-refractivity contribution in [2.75, 3.05) is 19.8 Å². The van der Waals surface area contributed by atoms with E-state index in [1.54, 1.807) is 20.8 Å². The SMILES string of the molecule is CCOC(=O)/C=C(\[O-])C(=O)OCC.CCOC(=O)c1cc(=O)n(Cc2ccccc2)[nH]1.[NH3+][CH-]CCc1ccccc1.[Na+]. The van der Waals surface area contributed by atoms with Crippen LogP contribution in [0.2, 0.25) is 0 Å². The second kappa shape index (κ2) is 23.0. The van der Waals surface area contributed by atoms with Crippen molar-refractivity contribution >= 4 is 17.9 Å². The molecule has 222 valence electrons. The third-order valence-corrected chi connectivity index (χ3v) is 4.96. The number of aryl methyl sites for hydroxylation is 1. The number of aromatic amines is 1. The molecule has 0 aliphatic carbocycles. The average Bonchev–Trinajstić information content (AvgIpc) is 3.34. The second-order valence-corrected chi connectivity index (χ2v) is 8.09. The molecule has 0 fully saturated rings. The zero-order valence-electron chi connectivity index (χ0n) is 24.7. The number of H-pyrrole nitrogens is 1. The Kier molecular flexibility index (Phi) is 21.0. The predicted octanol–water partition coefficient (Wildman–Crippen LogP) is -1.21. The molecule has 0 unspecified atom stereocenters. The first-order valence-corrected chi connectivity index (χ1v) is 13.1. The summed E-state index contributed by atoms with van der Waals surface area (Å²) in [6.07, 6.45) is 2.76. The maximum atomic E-state index is 11.7. The smallest absolute Gasteiger partial charge is 0.867 e. The van der Waals surface area contributed by atoms with E-state index >= 15 is 0 Å². The number of benzene rings is 2. The minimum Gasteiger partial charge on any atom is -0.867 e. The molecule has 3 rings (SSSR count). The summed E-state index contributed by atoms with van der Waals surface area (Å²) < 4.78 is 15.0. The number of aromatic nitrogens is 2. The van der Waals surface area contributed by atoms with Gasteiger partial charge in [0.15, 0.2) is 0 Å². The number of hydrogen-bond donors (Lipinski definition) is 2. The Morgan fingerprint density at radius 1 is 0.905 bits per heavy atom. The fourth-order valence-electron chi connectivity index (χ4n) is 3.10. The summed E-state index contributed by atoms with van der Waals surface area (Å²) in [7, 11) is 0. The van der Waals surface area contributed by atoms with Gasteiger partial charge >= 0.3 is 47.5 Å². The minimum absolute atomic E-state index is 0.